The Balaban J connectivity index is 1.59. The average Bonchev–Trinajstić information content (AvgIpc) is 3.14. The van der Waals surface area contributed by atoms with Crippen LogP contribution in [-0.2, 0) is 17.8 Å². The van der Waals surface area contributed by atoms with Gasteiger partial charge in [0.25, 0.3) is 5.91 Å². The second-order valence-corrected chi connectivity index (χ2v) is 8.11. The van der Waals surface area contributed by atoms with Crippen molar-refractivity contribution in [2.75, 3.05) is 6.54 Å². The zero-order valence-electron chi connectivity index (χ0n) is 13.6. The molecule has 2 heterocycles. The third-order valence-electron chi connectivity index (χ3n) is 4.85. The molecule has 25 heavy (non-hydrogen) atoms. The summed E-state index contributed by atoms with van der Waals surface area (Å²) < 4.78 is 0. The van der Waals surface area contributed by atoms with Crippen molar-refractivity contribution in [2.24, 2.45) is 5.92 Å². The first-order valence-corrected chi connectivity index (χ1v) is 9.61. The van der Waals surface area contributed by atoms with Crippen LogP contribution >= 0.6 is 23.4 Å². The van der Waals surface area contributed by atoms with Gasteiger partial charge in [-0.1, -0.05) is 48.0 Å². The molecular weight excluding hydrogens is 358 g/mol. The minimum atomic E-state index is -0.123. The van der Waals surface area contributed by atoms with Gasteiger partial charge in [-0.15, -0.1) is 0 Å². The van der Waals surface area contributed by atoms with E-state index in [0.29, 0.717) is 36.3 Å². The quantitative estimate of drug-likeness (QED) is 0.865. The Morgan fingerprint density at radius 3 is 2.92 bits per heavy atom. The van der Waals surface area contributed by atoms with E-state index in [4.69, 9.17) is 11.6 Å². The number of amides is 1. The predicted molar refractivity (Wildman–Crippen MR) is 96.7 cm³/mol. The molecule has 1 aliphatic carbocycles. The second kappa shape index (κ2) is 6.84. The Labute approximate surface area is 155 Å². The maximum Gasteiger partial charge on any atom is 0.274 e. The highest BCUT2D eigenvalue weighted by atomic mass is 35.5. The Kier molecular flexibility index (Phi) is 4.56. The average molecular weight is 376 g/mol. The fraction of sp³-hybridized carbons (Fsp3) is 0.389. The molecule has 1 aromatic carbocycles. The topological polar surface area (TPSA) is 66.1 Å². The van der Waals surface area contributed by atoms with Crippen LogP contribution in [0.3, 0.4) is 0 Å². The van der Waals surface area contributed by atoms with E-state index in [9.17, 15) is 9.59 Å². The molecule has 2 aliphatic rings. The summed E-state index contributed by atoms with van der Waals surface area (Å²) in [5.41, 5.74) is 2.43. The molecule has 1 saturated carbocycles. The predicted octanol–water partition coefficient (Wildman–Crippen LogP) is 3.68. The van der Waals surface area contributed by atoms with Gasteiger partial charge in [0.1, 0.15) is 5.15 Å². The fourth-order valence-electron chi connectivity index (χ4n) is 3.32. The number of halogens is 1. The smallest absolute Gasteiger partial charge is 0.274 e. The van der Waals surface area contributed by atoms with Gasteiger partial charge < -0.3 is 4.90 Å². The largest absolute Gasteiger partial charge is 0.333 e. The molecule has 130 valence electrons. The Morgan fingerprint density at radius 1 is 1.40 bits per heavy atom. The summed E-state index contributed by atoms with van der Waals surface area (Å²) in [4.78, 5) is 27.6. The zero-order valence-corrected chi connectivity index (χ0v) is 15.2. The van der Waals surface area contributed by atoms with E-state index in [-0.39, 0.29) is 11.0 Å². The molecule has 0 spiro atoms. The Bertz CT molecular complexity index is 831. The molecule has 0 radical (unpaired) electrons. The first-order valence-electron chi connectivity index (χ1n) is 8.42. The van der Waals surface area contributed by atoms with Gasteiger partial charge in [-0.05, 0) is 29.9 Å². The molecule has 1 N–H and O–H groups in total. The molecule has 0 saturated heterocycles. The van der Waals surface area contributed by atoms with Crippen LogP contribution in [0.4, 0.5) is 0 Å². The number of benzene rings is 1. The second-order valence-electron chi connectivity index (χ2n) is 6.64. The van der Waals surface area contributed by atoms with Crippen molar-refractivity contribution < 1.29 is 9.59 Å². The number of thioether (sulfide) groups is 1. The number of aromatic amines is 1. The first kappa shape index (κ1) is 16.7. The van der Waals surface area contributed by atoms with E-state index in [1.807, 2.05) is 23.1 Å². The number of carbonyl (C=O) groups is 2. The van der Waals surface area contributed by atoms with Crippen molar-refractivity contribution in [3.05, 3.63) is 46.2 Å². The number of H-pyrrole nitrogens is 1. The maximum absolute atomic E-state index is 12.9. The van der Waals surface area contributed by atoms with Crippen molar-refractivity contribution in [1.82, 2.24) is 15.1 Å². The molecule has 1 aromatic heterocycles. The van der Waals surface area contributed by atoms with Crippen LogP contribution in [0.15, 0.2) is 29.2 Å². The lowest BCUT2D eigenvalue weighted by Crippen LogP contribution is -2.37. The summed E-state index contributed by atoms with van der Waals surface area (Å²) in [7, 11) is 0. The minimum absolute atomic E-state index is 0.123. The highest BCUT2D eigenvalue weighted by molar-refractivity contribution is 8.14. The fourth-order valence-corrected chi connectivity index (χ4v) is 4.46. The molecule has 1 amide bonds. The standard InChI is InChI=1S/C18H18ClN3O2S/c19-15-8-14(20-21-15)18(24)22(9-11-3-1-4-11)10-13-6-2-5-12-7-16(23)25-17(12)13/h2,5-6,8,11H,1,3-4,7,9-10H2,(H,20,21). The number of nitrogens with zero attached hydrogens (tertiary/aromatic N) is 2. The molecule has 0 atom stereocenters. The normalized spacial score (nSPS) is 16.6. The number of hydrogen-bond donors (Lipinski definition) is 1. The highest BCUT2D eigenvalue weighted by Crippen LogP contribution is 2.36. The number of nitrogens with one attached hydrogen (secondary N) is 1. The van der Waals surface area contributed by atoms with Gasteiger partial charge in [-0.2, -0.15) is 5.10 Å². The SMILES string of the molecule is O=C1Cc2cccc(CN(CC3CCC3)C(=O)c3cc(Cl)[nH]n3)c2S1. The van der Waals surface area contributed by atoms with Crippen LogP contribution in [0.25, 0.3) is 0 Å². The van der Waals surface area contributed by atoms with E-state index in [1.165, 1.54) is 18.2 Å². The summed E-state index contributed by atoms with van der Waals surface area (Å²) >= 11 is 7.17. The van der Waals surface area contributed by atoms with E-state index < -0.39 is 0 Å². The van der Waals surface area contributed by atoms with Crippen LogP contribution in [0.2, 0.25) is 5.15 Å². The molecule has 0 bridgehead atoms. The lowest BCUT2D eigenvalue weighted by atomic mass is 9.85. The monoisotopic (exact) mass is 375 g/mol. The van der Waals surface area contributed by atoms with Gasteiger partial charge in [0.2, 0.25) is 0 Å². The van der Waals surface area contributed by atoms with Gasteiger partial charge in [0, 0.05) is 30.5 Å². The summed E-state index contributed by atoms with van der Waals surface area (Å²) in [6.07, 6.45) is 4.02. The molecule has 7 heteroatoms. The van der Waals surface area contributed by atoms with Crippen molar-refractivity contribution in [1.29, 1.82) is 0 Å². The Morgan fingerprint density at radius 2 is 2.24 bits per heavy atom. The maximum atomic E-state index is 12.9. The van der Waals surface area contributed by atoms with Crippen LogP contribution < -0.4 is 0 Å². The molecule has 4 rings (SSSR count). The van der Waals surface area contributed by atoms with Crippen LogP contribution in [0, 0.1) is 5.92 Å². The van der Waals surface area contributed by atoms with Crippen molar-refractivity contribution in [2.45, 2.75) is 37.1 Å². The molecule has 2 aromatic rings. The summed E-state index contributed by atoms with van der Waals surface area (Å²) in [6.45, 7) is 1.20. The van der Waals surface area contributed by atoms with Gasteiger partial charge in [0.05, 0.1) is 0 Å². The van der Waals surface area contributed by atoms with E-state index in [2.05, 4.69) is 10.2 Å². The number of aromatic nitrogens is 2. The van der Waals surface area contributed by atoms with E-state index >= 15 is 0 Å². The molecule has 5 nitrogen and oxygen atoms in total. The molecule has 0 unspecified atom stereocenters. The summed E-state index contributed by atoms with van der Waals surface area (Å²) in [6, 6.07) is 7.52. The number of carbonyl (C=O) groups excluding carboxylic acids is 2. The van der Waals surface area contributed by atoms with E-state index in [0.717, 1.165) is 28.9 Å². The van der Waals surface area contributed by atoms with Gasteiger partial charge in [0.15, 0.2) is 10.8 Å². The Hall–Kier alpha value is -1.79. The number of fused-ring (bicyclic) bond motifs is 1. The third-order valence-corrected chi connectivity index (χ3v) is 6.14. The van der Waals surface area contributed by atoms with E-state index in [1.54, 1.807) is 6.07 Å². The molecular formula is C18H18ClN3O2S. The van der Waals surface area contributed by atoms with Crippen LogP contribution in [0.1, 0.15) is 40.9 Å². The highest BCUT2D eigenvalue weighted by Gasteiger charge is 2.28. The minimum Gasteiger partial charge on any atom is -0.333 e. The van der Waals surface area contributed by atoms with Crippen molar-refractivity contribution in [3.63, 3.8) is 0 Å². The lowest BCUT2D eigenvalue weighted by molar-refractivity contribution is -0.110. The van der Waals surface area contributed by atoms with Crippen LogP contribution in [0.5, 0.6) is 0 Å². The van der Waals surface area contributed by atoms with Gasteiger partial charge >= 0.3 is 0 Å². The summed E-state index contributed by atoms with van der Waals surface area (Å²) in [5.74, 6) is 0.423. The van der Waals surface area contributed by atoms with Crippen LogP contribution in [-0.4, -0.2) is 32.7 Å². The van der Waals surface area contributed by atoms with Crippen molar-refractivity contribution in [3.8, 4) is 0 Å². The van der Waals surface area contributed by atoms with Crippen molar-refractivity contribution >= 4 is 34.4 Å². The number of hydrogen-bond acceptors (Lipinski definition) is 4. The first-order chi connectivity index (χ1) is 12.1. The lowest BCUT2D eigenvalue weighted by Gasteiger charge is -2.32. The number of rotatable bonds is 5. The molecule has 1 fully saturated rings. The van der Waals surface area contributed by atoms with Gasteiger partial charge in [-0.3, -0.25) is 14.7 Å². The zero-order chi connectivity index (χ0) is 17.4. The third kappa shape index (κ3) is 3.46. The molecule has 1 aliphatic heterocycles. The van der Waals surface area contributed by atoms with Gasteiger partial charge in [-0.25, -0.2) is 0 Å². The summed E-state index contributed by atoms with van der Waals surface area (Å²) in [5, 5.41) is 7.14.